The van der Waals surface area contributed by atoms with Gasteiger partial charge in [-0.15, -0.1) is 10.2 Å². The molecule has 0 spiro atoms. The van der Waals surface area contributed by atoms with Gasteiger partial charge in [0, 0.05) is 7.11 Å². The van der Waals surface area contributed by atoms with E-state index in [0.29, 0.717) is 12.4 Å². The minimum absolute atomic E-state index is 0.0175. The lowest BCUT2D eigenvalue weighted by Gasteiger charge is -2.06. The predicted molar refractivity (Wildman–Crippen MR) is 71.9 cm³/mol. The lowest BCUT2D eigenvalue weighted by molar-refractivity contribution is 0.202. The number of aromatic nitrogens is 3. The number of ether oxygens (including phenoxy) is 2. The minimum atomic E-state index is -0.0175. The van der Waals surface area contributed by atoms with Crippen molar-refractivity contribution in [1.29, 1.82) is 0 Å². The zero-order valence-corrected chi connectivity index (χ0v) is 11.6. The first-order valence-electron chi connectivity index (χ1n) is 5.50. The Hall–Kier alpha value is -1.43. The van der Waals surface area contributed by atoms with Gasteiger partial charge in [0.15, 0.2) is 0 Å². The van der Waals surface area contributed by atoms with Crippen LogP contribution in [0.5, 0.6) is 11.6 Å². The van der Waals surface area contributed by atoms with Crippen LogP contribution in [0.15, 0.2) is 24.3 Å². The largest absolute Gasteiger partial charge is 0.436 e. The van der Waals surface area contributed by atoms with Gasteiger partial charge in [-0.1, -0.05) is 23.7 Å². The van der Waals surface area contributed by atoms with E-state index >= 15 is 0 Å². The van der Waals surface area contributed by atoms with Crippen LogP contribution in [0.3, 0.4) is 0 Å². The summed E-state index contributed by atoms with van der Waals surface area (Å²) in [5.74, 6) is 0.728. The van der Waals surface area contributed by atoms with Gasteiger partial charge >= 0.3 is 0 Å². The molecule has 0 N–H and O–H groups in total. The highest BCUT2D eigenvalue weighted by atomic mass is 35.5. The summed E-state index contributed by atoms with van der Waals surface area (Å²) in [6, 6.07) is 7.52. The summed E-state index contributed by atoms with van der Waals surface area (Å²) in [6.45, 7) is 0.678. The summed E-state index contributed by atoms with van der Waals surface area (Å²) in [7, 11) is 1.67. The highest BCUT2D eigenvalue weighted by Gasteiger charge is 2.08. The molecule has 1 heterocycles. The number of halogens is 2. The summed E-state index contributed by atoms with van der Waals surface area (Å²) in [6.07, 6.45) is 0.846. The van der Waals surface area contributed by atoms with Crippen LogP contribution < -0.4 is 4.74 Å². The predicted octanol–water partition coefficient (Wildman–Crippen LogP) is 3.16. The summed E-state index contributed by atoms with van der Waals surface area (Å²) in [4.78, 5) is 3.86. The molecule has 19 heavy (non-hydrogen) atoms. The number of hydrogen-bond donors (Lipinski definition) is 0. The molecule has 0 bridgehead atoms. The van der Waals surface area contributed by atoms with E-state index in [1.807, 2.05) is 24.3 Å². The Morgan fingerprint density at radius 2 is 1.84 bits per heavy atom. The molecule has 1 aromatic carbocycles. The van der Waals surface area contributed by atoms with Gasteiger partial charge in [-0.25, -0.2) is 0 Å². The molecular formula is C12H11Cl2N3O2. The number of nitrogens with zero attached hydrogens (tertiary/aromatic N) is 3. The Morgan fingerprint density at radius 3 is 2.53 bits per heavy atom. The Morgan fingerprint density at radius 1 is 1.11 bits per heavy atom. The van der Waals surface area contributed by atoms with E-state index < -0.39 is 0 Å². The van der Waals surface area contributed by atoms with Gasteiger partial charge in [0.2, 0.25) is 10.4 Å². The van der Waals surface area contributed by atoms with E-state index in [-0.39, 0.29) is 16.3 Å². The first kappa shape index (κ1) is 14.0. The topological polar surface area (TPSA) is 57.1 Å². The molecule has 1 aromatic heterocycles. The third-order valence-electron chi connectivity index (χ3n) is 2.32. The van der Waals surface area contributed by atoms with Gasteiger partial charge in [0.25, 0.3) is 5.88 Å². The molecule has 0 fully saturated rings. The van der Waals surface area contributed by atoms with Gasteiger partial charge in [0.05, 0.1) is 6.61 Å². The second-order valence-corrected chi connectivity index (χ2v) is 4.36. The van der Waals surface area contributed by atoms with Crippen molar-refractivity contribution in [2.45, 2.75) is 6.42 Å². The molecule has 2 aromatic rings. The van der Waals surface area contributed by atoms with Crippen molar-refractivity contribution in [3.63, 3.8) is 0 Å². The van der Waals surface area contributed by atoms with Crippen LogP contribution >= 0.6 is 23.2 Å². The second kappa shape index (κ2) is 6.65. The van der Waals surface area contributed by atoms with E-state index in [2.05, 4.69) is 15.2 Å². The van der Waals surface area contributed by atoms with Crippen LogP contribution in [0, 0.1) is 0 Å². The standard InChI is InChI=1S/C12H11Cl2N3O2/c1-18-7-6-8-2-4-9(5-3-8)19-11-10(13)16-17-12(14)15-11/h2-5H,6-7H2,1H3. The van der Waals surface area contributed by atoms with Crippen molar-refractivity contribution in [3.05, 3.63) is 40.3 Å². The normalized spacial score (nSPS) is 10.5. The van der Waals surface area contributed by atoms with Crippen molar-refractivity contribution in [1.82, 2.24) is 15.2 Å². The summed E-state index contributed by atoms with van der Waals surface area (Å²) >= 11 is 11.4. The van der Waals surface area contributed by atoms with Crippen LogP contribution in [-0.2, 0) is 11.2 Å². The number of benzene rings is 1. The average Bonchev–Trinajstić information content (AvgIpc) is 2.42. The quantitative estimate of drug-likeness (QED) is 0.849. The van der Waals surface area contributed by atoms with E-state index in [9.17, 15) is 0 Å². The van der Waals surface area contributed by atoms with Gasteiger partial charge in [-0.2, -0.15) is 4.98 Å². The molecule has 0 radical (unpaired) electrons. The summed E-state index contributed by atoms with van der Waals surface area (Å²) < 4.78 is 10.5. The number of methoxy groups -OCH3 is 1. The Kier molecular flexibility index (Phi) is 4.90. The number of hydrogen-bond acceptors (Lipinski definition) is 5. The molecule has 0 atom stereocenters. The fraction of sp³-hybridized carbons (Fsp3) is 0.250. The van der Waals surface area contributed by atoms with E-state index in [1.165, 1.54) is 0 Å². The molecule has 2 rings (SSSR count). The fourth-order valence-corrected chi connectivity index (χ4v) is 1.63. The summed E-state index contributed by atoms with van der Waals surface area (Å²) in [5, 5.41) is 7.17. The molecule has 5 nitrogen and oxygen atoms in total. The molecule has 0 aliphatic carbocycles. The zero-order valence-electron chi connectivity index (χ0n) is 10.1. The first-order valence-corrected chi connectivity index (χ1v) is 6.26. The molecule has 0 unspecified atom stereocenters. The Balaban J connectivity index is 2.08. The monoisotopic (exact) mass is 299 g/mol. The second-order valence-electron chi connectivity index (χ2n) is 3.67. The lowest BCUT2D eigenvalue weighted by Crippen LogP contribution is -1.96. The van der Waals surface area contributed by atoms with Gasteiger partial charge in [-0.05, 0) is 35.7 Å². The van der Waals surface area contributed by atoms with Gasteiger partial charge in [0.1, 0.15) is 5.75 Å². The Labute approximate surface area is 120 Å². The van der Waals surface area contributed by atoms with Crippen molar-refractivity contribution in [2.24, 2.45) is 0 Å². The number of rotatable bonds is 5. The lowest BCUT2D eigenvalue weighted by atomic mass is 10.1. The van der Waals surface area contributed by atoms with Crippen molar-refractivity contribution < 1.29 is 9.47 Å². The van der Waals surface area contributed by atoms with Gasteiger partial charge < -0.3 is 9.47 Å². The molecule has 0 saturated carbocycles. The Bertz CT molecular complexity index is 549. The van der Waals surface area contributed by atoms with Crippen LogP contribution in [0.25, 0.3) is 0 Å². The van der Waals surface area contributed by atoms with E-state index in [1.54, 1.807) is 7.11 Å². The highest BCUT2D eigenvalue weighted by molar-refractivity contribution is 6.31. The third-order valence-corrected chi connectivity index (χ3v) is 2.72. The maximum absolute atomic E-state index is 5.81. The average molecular weight is 300 g/mol. The molecule has 0 aliphatic rings. The van der Waals surface area contributed by atoms with Crippen LogP contribution in [0.1, 0.15) is 5.56 Å². The van der Waals surface area contributed by atoms with Gasteiger partial charge in [-0.3, -0.25) is 0 Å². The SMILES string of the molecule is COCCc1ccc(Oc2nc(Cl)nnc2Cl)cc1. The molecule has 0 aliphatic heterocycles. The zero-order chi connectivity index (χ0) is 13.7. The van der Waals surface area contributed by atoms with E-state index in [0.717, 1.165) is 12.0 Å². The first-order chi connectivity index (χ1) is 9.19. The molecule has 0 saturated heterocycles. The summed E-state index contributed by atoms with van der Waals surface area (Å²) in [5.41, 5.74) is 1.15. The minimum Gasteiger partial charge on any atom is -0.436 e. The highest BCUT2D eigenvalue weighted by Crippen LogP contribution is 2.25. The van der Waals surface area contributed by atoms with Crippen molar-refractivity contribution in [3.8, 4) is 11.6 Å². The smallest absolute Gasteiger partial charge is 0.262 e. The maximum Gasteiger partial charge on any atom is 0.262 e. The van der Waals surface area contributed by atoms with Crippen LogP contribution in [0.4, 0.5) is 0 Å². The molecular weight excluding hydrogens is 289 g/mol. The molecule has 7 heteroatoms. The van der Waals surface area contributed by atoms with Crippen molar-refractivity contribution in [2.75, 3.05) is 13.7 Å². The van der Waals surface area contributed by atoms with Crippen LogP contribution in [0.2, 0.25) is 10.4 Å². The van der Waals surface area contributed by atoms with E-state index in [4.69, 9.17) is 32.7 Å². The fourth-order valence-electron chi connectivity index (χ4n) is 1.40. The van der Waals surface area contributed by atoms with Crippen molar-refractivity contribution >= 4 is 23.2 Å². The van der Waals surface area contributed by atoms with Crippen LogP contribution in [-0.4, -0.2) is 28.9 Å². The maximum atomic E-state index is 5.81. The third kappa shape index (κ3) is 4.02. The molecule has 100 valence electrons. The molecule has 0 amide bonds.